The van der Waals surface area contributed by atoms with Crippen molar-refractivity contribution in [1.29, 1.82) is 0 Å². The Hall–Kier alpha value is -0.780. The Balaban J connectivity index is 2.28. The fraction of sp³-hybridized carbons (Fsp3) is 0.538. The normalized spacial score (nSPS) is 25.2. The van der Waals surface area contributed by atoms with Gasteiger partial charge in [0, 0.05) is 0 Å². The van der Waals surface area contributed by atoms with Crippen LogP contribution in [0.4, 0.5) is 0 Å². The second kappa shape index (κ2) is 7.85. The third kappa shape index (κ3) is 6.39. The quantitative estimate of drug-likeness (QED) is 0.480. The Labute approximate surface area is 82.0 Å². The molecule has 0 amide bonds. The topological polar surface area (TPSA) is 0 Å². The summed E-state index contributed by atoms with van der Waals surface area (Å²) in [5, 5.41) is 0. The van der Waals surface area contributed by atoms with E-state index in [1.165, 1.54) is 44.9 Å². The second-order valence-electron chi connectivity index (χ2n) is 3.54. The zero-order chi connectivity index (χ0) is 9.19. The first-order valence-corrected chi connectivity index (χ1v) is 5.47. The van der Waals surface area contributed by atoms with Crippen LogP contribution in [0.1, 0.15) is 44.9 Å². The fourth-order valence-corrected chi connectivity index (χ4v) is 1.48. The van der Waals surface area contributed by atoms with Crippen molar-refractivity contribution in [3.05, 3.63) is 36.5 Å². The van der Waals surface area contributed by atoms with Crippen LogP contribution >= 0.6 is 0 Å². The number of rotatable bonds is 0. The van der Waals surface area contributed by atoms with E-state index in [9.17, 15) is 0 Å². The van der Waals surface area contributed by atoms with Crippen LogP contribution in [-0.2, 0) is 0 Å². The maximum atomic E-state index is 2.33. The molecule has 0 saturated heterocycles. The lowest BCUT2D eigenvalue weighted by Gasteiger charge is -1.94. The van der Waals surface area contributed by atoms with Crippen LogP contribution < -0.4 is 0 Å². The highest BCUT2D eigenvalue weighted by atomic mass is 13.9. The highest BCUT2D eigenvalue weighted by molar-refractivity contribution is 5.03. The molecule has 0 N–H and O–H groups in total. The lowest BCUT2D eigenvalue weighted by Crippen LogP contribution is -1.74. The van der Waals surface area contributed by atoms with E-state index in [1.54, 1.807) is 0 Å². The number of hydrogen-bond donors (Lipinski definition) is 0. The minimum absolute atomic E-state index is 1.18. The molecule has 0 unspecified atom stereocenters. The highest BCUT2D eigenvalue weighted by Gasteiger charge is 1.86. The van der Waals surface area contributed by atoms with Gasteiger partial charge in [0.2, 0.25) is 0 Å². The molecule has 0 heteroatoms. The first-order valence-electron chi connectivity index (χ1n) is 5.47. The molecule has 0 fully saturated rings. The van der Waals surface area contributed by atoms with Crippen molar-refractivity contribution in [2.45, 2.75) is 44.9 Å². The average molecular weight is 176 g/mol. The molecular formula is C13H20. The smallest absolute Gasteiger partial charge is 0.0313 e. The van der Waals surface area contributed by atoms with E-state index in [4.69, 9.17) is 0 Å². The summed E-state index contributed by atoms with van der Waals surface area (Å²) in [5.41, 5.74) is 0. The molecule has 0 aromatic heterocycles. The molecule has 0 radical (unpaired) electrons. The monoisotopic (exact) mass is 176 g/mol. The summed E-state index contributed by atoms with van der Waals surface area (Å²) in [6, 6.07) is 0. The molecule has 0 aliphatic heterocycles. The summed E-state index contributed by atoms with van der Waals surface area (Å²) in [5.74, 6) is 0. The number of hydrogen-bond acceptors (Lipinski definition) is 0. The van der Waals surface area contributed by atoms with Crippen molar-refractivity contribution in [3.63, 3.8) is 0 Å². The van der Waals surface area contributed by atoms with Crippen molar-refractivity contribution in [1.82, 2.24) is 0 Å². The maximum absolute atomic E-state index is 2.33. The van der Waals surface area contributed by atoms with Gasteiger partial charge in [0.05, 0.1) is 0 Å². The van der Waals surface area contributed by atoms with Gasteiger partial charge in [-0.3, -0.25) is 0 Å². The van der Waals surface area contributed by atoms with Crippen LogP contribution in [0.5, 0.6) is 0 Å². The van der Waals surface area contributed by atoms with E-state index >= 15 is 0 Å². The van der Waals surface area contributed by atoms with E-state index in [-0.39, 0.29) is 0 Å². The van der Waals surface area contributed by atoms with Gasteiger partial charge in [-0.1, -0.05) is 42.9 Å². The lowest BCUT2D eigenvalue weighted by atomic mass is 10.1. The fourth-order valence-electron chi connectivity index (χ4n) is 1.48. The lowest BCUT2D eigenvalue weighted by molar-refractivity contribution is 0.695. The summed E-state index contributed by atoms with van der Waals surface area (Å²) in [6.07, 6.45) is 22.5. The van der Waals surface area contributed by atoms with E-state index in [0.29, 0.717) is 0 Å². The Kier molecular flexibility index (Phi) is 6.22. The SMILES string of the molecule is C1=CCCCCC/C=C/C=C/CC1. The minimum Gasteiger partial charge on any atom is -0.0885 e. The van der Waals surface area contributed by atoms with Crippen molar-refractivity contribution in [3.8, 4) is 0 Å². The molecule has 0 spiro atoms. The molecule has 0 heterocycles. The molecule has 0 aromatic rings. The van der Waals surface area contributed by atoms with Gasteiger partial charge >= 0.3 is 0 Å². The van der Waals surface area contributed by atoms with Gasteiger partial charge in [-0.25, -0.2) is 0 Å². The molecule has 0 atom stereocenters. The first-order chi connectivity index (χ1) is 6.50. The summed E-state index contributed by atoms with van der Waals surface area (Å²) in [7, 11) is 0. The van der Waals surface area contributed by atoms with Gasteiger partial charge in [0.1, 0.15) is 0 Å². The first kappa shape index (κ1) is 10.3. The molecule has 1 aliphatic rings. The highest BCUT2D eigenvalue weighted by Crippen LogP contribution is 2.06. The van der Waals surface area contributed by atoms with Crippen LogP contribution in [0, 0.1) is 0 Å². The Morgan fingerprint density at radius 3 is 1.85 bits per heavy atom. The molecule has 0 saturated carbocycles. The van der Waals surface area contributed by atoms with Crippen LogP contribution in [0.25, 0.3) is 0 Å². The van der Waals surface area contributed by atoms with Crippen molar-refractivity contribution >= 4 is 0 Å². The van der Waals surface area contributed by atoms with E-state index in [1.807, 2.05) is 0 Å². The van der Waals surface area contributed by atoms with Gasteiger partial charge in [-0.05, 0) is 38.5 Å². The van der Waals surface area contributed by atoms with Gasteiger partial charge < -0.3 is 0 Å². The predicted molar refractivity (Wildman–Crippen MR) is 59.7 cm³/mol. The molecular weight excluding hydrogens is 156 g/mol. The van der Waals surface area contributed by atoms with E-state index < -0.39 is 0 Å². The molecule has 0 bridgehead atoms. The minimum atomic E-state index is 1.18. The third-order valence-electron chi connectivity index (χ3n) is 2.29. The van der Waals surface area contributed by atoms with Crippen molar-refractivity contribution < 1.29 is 0 Å². The van der Waals surface area contributed by atoms with Gasteiger partial charge in [0.15, 0.2) is 0 Å². The molecule has 0 nitrogen and oxygen atoms in total. The second-order valence-corrected chi connectivity index (χ2v) is 3.54. The zero-order valence-corrected chi connectivity index (χ0v) is 8.41. The maximum Gasteiger partial charge on any atom is -0.0313 e. The zero-order valence-electron chi connectivity index (χ0n) is 8.41. The van der Waals surface area contributed by atoms with Crippen LogP contribution in [0.3, 0.4) is 0 Å². The van der Waals surface area contributed by atoms with Crippen LogP contribution in [0.15, 0.2) is 36.5 Å². The van der Waals surface area contributed by atoms with Crippen molar-refractivity contribution in [2.75, 3.05) is 0 Å². The van der Waals surface area contributed by atoms with Crippen LogP contribution in [0.2, 0.25) is 0 Å². The van der Waals surface area contributed by atoms with Gasteiger partial charge in [0.25, 0.3) is 0 Å². The molecule has 72 valence electrons. The summed E-state index contributed by atoms with van der Waals surface area (Å²) < 4.78 is 0. The molecule has 1 aliphatic carbocycles. The van der Waals surface area contributed by atoms with Crippen LogP contribution in [-0.4, -0.2) is 0 Å². The van der Waals surface area contributed by atoms with E-state index in [2.05, 4.69) is 36.5 Å². The largest absolute Gasteiger partial charge is 0.0885 e. The molecule has 13 heavy (non-hydrogen) atoms. The summed E-state index contributed by atoms with van der Waals surface area (Å²) in [6.45, 7) is 0. The average Bonchev–Trinajstić information content (AvgIpc) is 2.18. The Morgan fingerprint density at radius 1 is 0.462 bits per heavy atom. The summed E-state index contributed by atoms with van der Waals surface area (Å²) >= 11 is 0. The van der Waals surface area contributed by atoms with Gasteiger partial charge in [-0.2, -0.15) is 0 Å². The third-order valence-corrected chi connectivity index (χ3v) is 2.29. The Morgan fingerprint density at radius 2 is 1.00 bits per heavy atom. The molecule has 1 rings (SSSR count). The van der Waals surface area contributed by atoms with E-state index in [0.717, 1.165) is 0 Å². The standard InChI is InChI=1S/C13H20/c1-2-4-6-8-10-12-13-11-9-7-5-3-1/h1-4,9,11H,5-8,10,12-13H2/b3-1+,4-2+,11-9?. The number of allylic oxidation sites excluding steroid dienone is 6. The van der Waals surface area contributed by atoms with Gasteiger partial charge in [-0.15, -0.1) is 0 Å². The molecule has 0 aromatic carbocycles. The predicted octanol–water partition coefficient (Wildman–Crippen LogP) is 4.40. The van der Waals surface area contributed by atoms with Crippen molar-refractivity contribution in [2.24, 2.45) is 0 Å². The Bertz CT molecular complexity index is 184. The summed E-state index contributed by atoms with van der Waals surface area (Å²) in [4.78, 5) is 0.